The fourth-order valence-electron chi connectivity index (χ4n) is 2.06. The van der Waals surface area contributed by atoms with Crippen molar-refractivity contribution in [1.29, 1.82) is 0 Å². The molecule has 0 fully saturated rings. The Kier molecular flexibility index (Phi) is 5.41. The Morgan fingerprint density at radius 1 is 1.23 bits per heavy atom. The summed E-state index contributed by atoms with van der Waals surface area (Å²) >= 11 is 0. The van der Waals surface area contributed by atoms with Crippen LogP contribution in [0.4, 0.5) is 0 Å². The molecule has 0 aromatic heterocycles. The van der Waals surface area contributed by atoms with Gasteiger partial charge in [0.25, 0.3) is 0 Å². The summed E-state index contributed by atoms with van der Waals surface area (Å²) in [4.78, 5) is 34.6. The number of nitrogens with zero attached hydrogens (tertiary/aromatic N) is 1. The Morgan fingerprint density at radius 2 is 1.95 bits per heavy atom. The normalized spacial score (nSPS) is 14.0. The van der Waals surface area contributed by atoms with E-state index in [1.807, 2.05) is 12.1 Å². The van der Waals surface area contributed by atoms with Crippen LogP contribution in [0.1, 0.15) is 42.1 Å². The largest absolute Gasteiger partial charge is 0.453 e. The van der Waals surface area contributed by atoms with Crippen molar-refractivity contribution in [2.75, 3.05) is 6.61 Å². The standard InChI is InChI=1S/C16H18N2O4/c1-2-3-11-4-6-12(7-5-11)14(19)10-22-16(21)13-8-9-15(20)18-17-13/h4-7H,2-3,8-10H2,1H3,(H,18,20). The SMILES string of the molecule is CCCc1ccc(C(=O)COC(=O)C2=NNC(=O)CC2)cc1. The zero-order valence-electron chi connectivity index (χ0n) is 12.4. The molecule has 0 radical (unpaired) electrons. The molecule has 0 unspecified atom stereocenters. The molecule has 1 aliphatic rings. The number of ketones is 1. The minimum absolute atomic E-state index is 0.130. The summed E-state index contributed by atoms with van der Waals surface area (Å²) < 4.78 is 4.94. The zero-order valence-corrected chi connectivity index (χ0v) is 12.4. The van der Waals surface area contributed by atoms with Crippen LogP contribution < -0.4 is 5.43 Å². The second-order valence-electron chi connectivity index (χ2n) is 5.04. The second-order valence-corrected chi connectivity index (χ2v) is 5.04. The summed E-state index contributed by atoms with van der Waals surface area (Å²) in [5, 5.41) is 3.62. The van der Waals surface area contributed by atoms with Crippen LogP contribution in [0.25, 0.3) is 0 Å². The molecule has 1 amide bonds. The number of rotatable bonds is 6. The molecule has 1 aromatic carbocycles. The zero-order chi connectivity index (χ0) is 15.9. The molecule has 2 rings (SSSR count). The van der Waals surface area contributed by atoms with E-state index in [2.05, 4.69) is 17.5 Å². The number of amides is 1. The number of hydrogen-bond acceptors (Lipinski definition) is 5. The van der Waals surface area contributed by atoms with Gasteiger partial charge >= 0.3 is 5.97 Å². The molecule has 6 heteroatoms. The van der Waals surface area contributed by atoms with Crippen molar-refractivity contribution in [1.82, 2.24) is 5.43 Å². The monoisotopic (exact) mass is 302 g/mol. The Labute approximate surface area is 128 Å². The summed E-state index contributed by atoms with van der Waals surface area (Å²) in [5.74, 6) is -1.17. The fourth-order valence-corrected chi connectivity index (χ4v) is 2.06. The third kappa shape index (κ3) is 4.25. The lowest BCUT2D eigenvalue weighted by Gasteiger charge is -2.11. The van der Waals surface area contributed by atoms with E-state index in [1.54, 1.807) is 12.1 Å². The van der Waals surface area contributed by atoms with E-state index >= 15 is 0 Å². The molecule has 1 N–H and O–H groups in total. The summed E-state index contributed by atoms with van der Waals surface area (Å²) in [7, 11) is 0. The number of esters is 1. The smallest absolute Gasteiger partial charge is 0.354 e. The molecule has 0 spiro atoms. The van der Waals surface area contributed by atoms with Gasteiger partial charge in [-0.15, -0.1) is 0 Å². The molecule has 22 heavy (non-hydrogen) atoms. The highest BCUT2D eigenvalue weighted by Crippen LogP contribution is 2.08. The third-order valence-electron chi connectivity index (χ3n) is 3.29. The molecule has 0 atom stereocenters. The van der Waals surface area contributed by atoms with Crippen LogP contribution in [0.2, 0.25) is 0 Å². The van der Waals surface area contributed by atoms with Gasteiger partial charge < -0.3 is 4.74 Å². The molecule has 0 saturated carbocycles. The lowest BCUT2D eigenvalue weighted by Crippen LogP contribution is -2.31. The van der Waals surface area contributed by atoms with Gasteiger partial charge in [0.15, 0.2) is 12.4 Å². The van der Waals surface area contributed by atoms with E-state index in [0.717, 1.165) is 12.8 Å². The lowest BCUT2D eigenvalue weighted by atomic mass is 10.1. The van der Waals surface area contributed by atoms with Crippen molar-refractivity contribution in [2.24, 2.45) is 5.10 Å². The number of hydrazone groups is 1. The van der Waals surface area contributed by atoms with Crippen molar-refractivity contribution in [3.05, 3.63) is 35.4 Å². The molecule has 116 valence electrons. The number of carbonyl (C=O) groups excluding carboxylic acids is 3. The van der Waals surface area contributed by atoms with Gasteiger partial charge in [-0.2, -0.15) is 5.10 Å². The highest BCUT2D eigenvalue weighted by atomic mass is 16.5. The fraction of sp³-hybridized carbons (Fsp3) is 0.375. The second kappa shape index (κ2) is 7.49. The Morgan fingerprint density at radius 3 is 2.55 bits per heavy atom. The molecule has 0 aliphatic carbocycles. The van der Waals surface area contributed by atoms with E-state index in [1.165, 1.54) is 5.56 Å². The summed E-state index contributed by atoms with van der Waals surface area (Å²) in [6, 6.07) is 7.28. The summed E-state index contributed by atoms with van der Waals surface area (Å²) in [6.45, 7) is 1.76. The first-order valence-electron chi connectivity index (χ1n) is 7.25. The molecule has 1 heterocycles. The van der Waals surface area contributed by atoms with Crippen LogP contribution in [0.15, 0.2) is 29.4 Å². The van der Waals surface area contributed by atoms with Gasteiger partial charge in [-0.3, -0.25) is 9.59 Å². The third-order valence-corrected chi connectivity index (χ3v) is 3.29. The van der Waals surface area contributed by atoms with Gasteiger partial charge in [0, 0.05) is 18.4 Å². The van der Waals surface area contributed by atoms with E-state index < -0.39 is 5.97 Å². The van der Waals surface area contributed by atoms with Gasteiger partial charge in [0.1, 0.15) is 5.71 Å². The van der Waals surface area contributed by atoms with E-state index in [9.17, 15) is 14.4 Å². The summed E-state index contributed by atoms with van der Waals surface area (Å²) in [6.07, 6.45) is 2.43. The van der Waals surface area contributed by atoms with Gasteiger partial charge in [-0.25, -0.2) is 10.2 Å². The van der Waals surface area contributed by atoms with Crippen molar-refractivity contribution in [3.8, 4) is 0 Å². The summed E-state index contributed by atoms with van der Waals surface area (Å²) in [5.41, 5.74) is 4.02. The van der Waals surface area contributed by atoms with Gasteiger partial charge in [0.2, 0.25) is 5.91 Å². The molecule has 1 aliphatic heterocycles. The van der Waals surface area contributed by atoms with Gasteiger partial charge in [-0.05, 0) is 12.0 Å². The van der Waals surface area contributed by atoms with E-state index in [0.29, 0.717) is 5.56 Å². The maximum absolute atomic E-state index is 12.0. The first kappa shape index (κ1) is 15.9. The molecule has 0 bridgehead atoms. The van der Waals surface area contributed by atoms with Crippen LogP contribution in [-0.4, -0.2) is 30.0 Å². The lowest BCUT2D eigenvalue weighted by molar-refractivity contribution is -0.134. The molecular weight excluding hydrogens is 284 g/mol. The molecule has 1 aromatic rings. The number of aryl methyl sites for hydroxylation is 1. The maximum atomic E-state index is 12.0. The van der Waals surface area contributed by atoms with Crippen molar-refractivity contribution in [2.45, 2.75) is 32.6 Å². The number of ether oxygens (including phenoxy) is 1. The molecular formula is C16H18N2O4. The molecule has 6 nitrogen and oxygen atoms in total. The van der Waals surface area contributed by atoms with Crippen LogP contribution >= 0.6 is 0 Å². The minimum Gasteiger partial charge on any atom is -0.453 e. The minimum atomic E-state index is -0.670. The van der Waals surface area contributed by atoms with Crippen molar-refractivity contribution in [3.63, 3.8) is 0 Å². The highest BCUT2D eigenvalue weighted by molar-refractivity contribution is 6.37. The number of nitrogens with one attached hydrogen (secondary N) is 1. The first-order valence-corrected chi connectivity index (χ1v) is 7.25. The van der Waals surface area contributed by atoms with E-state index in [-0.39, 0.29) is 36.9 Å². The van der Waals surface area contributed by atoms with Crippen LogP contribution in [0.5, 0.6) is 0 Å². The Hall–Kier alpha value is -2.50. The topological polar surface area (TPSA) is 84.8 Å². The molecule has 0 saturated heterocycles. The quantitative estimate of drug-likeness (QED) is 0.639. The predicted molar refractivity (Wildman–Crippen MR) is 80.5 cm³/mol. The number of benzene rings is 1. The Bertz CT molecular complexity index is 605. The number of Topliss-reactive ketones (excluding diaryl/α,β-unsaturated/α-hetero) is 1. The van der Waals surface area contributed by atoms with Crippen molar-refractivity contribution >= 4 is 23.4 Å². The first-order chi connectivity index (χ1) is 10.6. The maximum Gasteiger partial charge on any atom is 0.354 e. The van der Waals surface area contributed by atoms with Crippen LogP contribution in [-0.2, 0) is 20.7 Å². The van der Waals surface area contributed by atoms with Crippen LogP contribution in [0.3, 0.4) is 0 Å². The van der Waals surface area contributed by atoms with Gasteiger partial charge in [0.05, 0.1) is 0 Å². The number of hydrogen-bond donors (Lipinski definition) is 1. The highest BCUT2D eigenvalue weighted by Gasteiger charge is 2.20. The van der Waals surface area contributed by atoms with Crippen molar-refractivity contribution < 1.29 is 19.1 Å². The predicted octanol–water partition coefficient (Wildman–Crippen LogP) is 1.63. The van der Waals surface area contributed by atoms with Crippen LogP contribution in [0, 0.1) is 0 Å². The average molecular weight is 302 g/mol. The Balaban J connectivity index is 1.87. The average Bonchev–Trinajstić information content (AvgIpc) is 2.54. The van der Waals surface area contributed by atoms with Gasteiger partial charge in [-0.1, -0.05) is 37.6 Å². The van der Waals surface area contributed by atoms with E-state index in [4.69, 9.17) is 4.74 Å². The number of carbonyl (C=O) groups is 3.